The van der Waals surface area contributed by atoms with Gasteiger partial charge in [0, 0.05) is 11.4 Å². The molecule has 2 aliphatic carbocycles. The van der Waals surface area contributed by atoms with E-state index in [0.717, 1.165) is 30.7 Å². The molecule has 2 fully saturated rings. The number of thiophene rings is 1. The molecular weight excluding hydrogens is 322 g/mol. The SMILES string of the molecule is CCCNC(=O)[C@H]1[C@H]2CC[C@H](C2)[C@@H]1c1nc(-c2ccc(C)s2)no1. The van der Waals surface area contributed by atoms with E-state index >= 15 is 0 Å². The van der Waals surface area contributed by atoms with Gasteiger partial charge in [0.1, 0.15) is 0 Å². The van der Waals surface area contributed by atoms with E-state index in [-0.39, 0.29) is 17.7 Å². The number of nitrogens with one attached hydrogen (secondary N) is 1. The van der Waals surface area contributed by atoms with Crippen LogP contribution in [0.1, 0.15) is 49.3 Å². The third-order valence-corrected chi connectivity index (χ3v) is 6.45. The first-order chi connectivity index (χ1) is 11.7. The molecule has 4 atom stereocenters. The van der Waals surface area contributed by atoms with Crippen molar-refractivity contribution in [3.8, 4) is 10.7 Å². The minimum atomic E-state index is -0.00586. The van der Waals surface area contributed by atoms with Gasteiger partial charge in [0.05, 0.1) is 16.7 Å². The molecular formula is C18H23N3O2S. The lowest BCUT2D eigenvalue weighted by molar-refractivity contribution is -0.127. The zero-order chi connectivity index (χ0) is 16.7. The number of fused-ring (bicyclic) bond motifs is 2. The van der Waals surface area contributed by atoms with E-state index in [2.05, 4.69) is 35.4 Å². The molecule has 6 heteroatoms. The van der Waals surface area contributed by atoms with Gasteiger partial charge in [0.15, 0.2) is 0 Å². The molecule has 24 heavy (non-hydrogen) atoms. The van der Waals surface area contributed by atoms with Crippen LogP contribution in [0.15, 0.2) is 16.7 Å². The third kappa shape index (κ3) is 2.66. The molecule has 1 N–H and O–H groups in total. The summed E-state index contributed by atoms with van der Waals surface area (Å²) in [5, 5.41) is 7.25. The Kier molecular flexibility index (Phi) is 4.16. The second-order valence-electron chi connectivity index (χ2n) is 7.04. The zero-order valence-electron chi connectivity index (χ0n) is 14.1. The third-order valence-electron chi connectivity index (χ3n) is 5.46. The predicted octanol–water partition coefficient (Wildman–Crippen LogP) is 3.76. The van der Waals surface area contributed by atoms with E-state index in [4.69, 9.17) is 4.52 Å². The van der Waals surface area contributed by atoms with E-state index in [9.17, 15) is 4.79 Å². The molecule has 2 aliphatic rings. The van der Waals surface area contributed by atoms with Crippen LogP contribution >= 0.6 is 11.3 Å². The van der Waals surface area contributed by atoms with Gasteiger partial charge in [-0.2, -0.15) is 4.98 Å². The Morgan fingerprint density at radius 2 is 2.21 bits per heavy atom. The number of hydrogen-bond acceptors (Lipinski definition) is 5. The van der Waals surface area contributed by atoms with E-state index in [1.165, 1.54) is 11.3 Å². The maximum Gasteiger partial charge on any atom is 0.231 e. The molecule has 0 unspecified atom stereocenters. The average molecular weight is 345 g/mol. The van der Waals surface area contributed by atoms with Crippen molar-refractivity contribution in [2.45, 2.75) is 45.4 Å². The first-order valence-electron chi connectivity index (χ1n) is 8.85. The molecule has 2 bridgehead atoms. The Morgan fingerprint density at radius 3 is 2.96 bits per heavy atom. The first kappa shape index (κ1) is 15.8. The number of amides is 1. The van der Waals surface area contributed by atoms with Gasteiger partial charge in [-0.3, -0.25) is 4.79 Å². The van der Waals surface area contributed by atoms with Crippen LogP contribution in [0.3, 0.4) is 0 Å². The largest absolute Gasteiger partial charge is 0.356 e. The maximum absolute atomic E-state index is 12.7. The van der Waals surface area contributed by atoms with Gasteiger partial charge >= 0.3 is 0 Å². The minimum Gasteiger partial charge on any atom is -0.356 e. The monoisotopic (exact) mass is 345 g/mol. The summed E-state index contributed by atoms with van der Waals surface area (Å²) < 4.78 is 5.62. The Labute approximate surface area is 145 Å². The van der Waals surface area contributed by atoms with Gasteiger partial charge in [-0.25, -0.2) is 0 Å². The highest BCUT2D eigenvalue weighted by molar-refractivity contribution is 7.15. The second kappa shape index (κ2) is 6.31. The molecule has 0 spiro atoms. The molecule has 0 radical (unpaired) electrons. The summed E-state index contributed by atoms with van der Waals surface area (Å²) in [5.41, 5.74) is 0. The fraction of sp³-hybridized carbons (Fsp3) is 0.611. The number of aromatic nitrogens is 2. The van der Waals surface area contributed by atoms with Gasteiger partial charge in [-0.05, 0) is 56.6 Å². The quantitative estimate of drug-likeness (QED) is 0.896. The average Bonchev–Trinajstić information content (AvgIpc) is 3.33. The first-order valence-corrected chi connectivity index (χ1v) is 9.67. The number of rotatable bonds is 5. The highest BCUT2D eigenvalue weighted by atomic mass is 32.1. The molecule has 2 saturated carbocycles. The summed E-state index contributed by atoms with van der Waals surface area (Å²) >= 11 is 1.67. The predicted molar refractivity (Wildman–Crippen MR) is 92.7 cm³/mol. The summed E-state index contributed by atoms with van der Waals surface area (Å²) in [5.74, 6) is 2.53. The summed E-state index contributed by atoms with van der Waals surface area (Å²) in [4.78, 5) is 19.6. The lowest BCUT2D eigenvalue weighted by Crippen LogP contribution is -2.37. The van der Waals surface area contributed by atoms with Crippen molar-refractivity contribution < 1.29 is 9.32 Å². The summed E-state index contributed by atoms with van der Waals surface area (Å²) in [6.07, 6.45) is 4.39. The second-order valence-corrected chi connectivity index (χ2v) is 8.33. The number of hydrogen-bond donors (Lipinski definition) is 1. The molecule has 2 aromatic heterocycles. The lowest BCUT2D eigenvalue weighted by Gasteiger charge is -2.27. The van der Waals surface area contributed by atoms with Gasteiger partial charge in [-0.15, -0.1) is 11.3 Å². The van der Waals surface area contributed by atoms with Gasteiger partial charge in [0.25, 0.3) is 0 Å². The Bertz CT molecular complexity index is 738. The van der Waals surface area contributed by atoms with Crippen molar-refractivity contribution in [2.24, 2.45) is 17.8 Å². The van der Waals surface area contributed by atoms with Crippen molar-refractivity contribution in [2.75, 3.05) is 6.54 Å². The molecule has 5 nitrogen and oxygen atoms in total. The van der Waals surface area contributed by atoms with Crippen LogP contribution in [-0.2, 0) is 4.79 Å². The van der Waals surface area contributed by atoms with Crippen molar-refractivity contribution in [3.63, 3.8) is 0 Å². The highest BCUT2D eigenvalue weighted by Gasteiger charge is 2.53. The Hall–Kier alpha value is -1.69. The van der Waals surface area contributed by atoms with Crippen molar-refractivity contribution in [3.05, 3.63) is 22.9 Å². The summed E-state index contributed by atoms with van der Waals surface area (Å²) in [7, 11) is 0. The Balaban J connectivity index is 1.59. The minimum absolute atomic E-state index is 0.00586. The van der Waals surface area contributed by atoms with Crippen LogP contribution in [0.2, 0.25) is 0 Å². The standard InChI is InChI=1S/C18H23N3O2S/c1-3-8-19-17(22)14-11-5-6-12(9-11)15(14)18-20-16(21-23-18)13-7-4-10(2)24-13/h4,7,11-12,14-15H,3,5-6,8-9H2,1-2H3,(H,19,22)/t11-,12+,14-,15-/m0/s1. The van der Waals surface area contributed by atoms with Crippen LogP contribution in [0.5, 0.6) is 0 Å². The smallest absolute Gasteiger partial charge is 0.231 e. The van der Waals surface area contributed by atoms with E-state index in [1.807, 2.05) is 6.07 Å². The normalized spacial score (nSPS) is 28.4. The van der Waals surface area contributed by atoms with Crippen molar-refractivity contribution >= 4 is 17.2 Å². The summed E-state index contributed by atoms with van der Waals surface area (Å²) in [6.45, 7) is 4.88. The van der Waals surface area contributed by atoms with Gasteiger partial charge in [0.2, 0.25) is 17.6 Å². The van der Waals surface area contributed by atoms with Crippen LogP contribution in [0, 0.1) is 24.7 Å². The molecule has 0 aromatic carbocycles. The molecule has 128 valence electrons. The Morgan fingerprint density at radius 1 is 1.38 bits per heavy atom. The fourth-order valence-corrected chi connectivity index (χ4v) is 5.21. The lowest BCUT2D eigenvalue weighted by atomic mass is 9.78. The van der Waals surface area contributed by atoms with Gasteiger partial charge in [-0.1, -0.05) is 12.1 Å². The molecule has 0 saturated heterocycles. The van der Waals surface area contributed by atoms with E-state index in [1.54, 1.807) is 11.3 Å². The molecule has 4 rings (SSSR count). The van der Waals surface area contributed by atoms with E-state index < -0.39 is 0 Å². The van der Waals surface area contributed by atoms with Gasteiger partial charge < -0.3 is 9.84 Å². The van der Waals surface area contributed by atoms with Crippen molar-refractivity contribution in [1.29, 1.82) is 0 Å². The molecule has 2 aromatic rings. The molecule has 1 amide bonds. The number of carbonyl (C=O) groups is 1. The highest BCUT2D eigenvalue weighted by Crippen LogP contribution is 2.56. The summed E-state index contributed by atoms with van der Waals surface area (Å²) in [6, 6.07) is 4.09. The number of aryl methyl sites for hydroxylation is 1. The maximum atomic E-state index is 12.7. The van der Waals surface area contributed by atoms with Crippen LogP contribution in [0.4, 0.5) is 0 Å². The topological polar surface area (TPSA) is 68.0 Å². The van der Waals surface area contributed by atoms with Crippen molar-refractivity contribution in [1.82, 2.24) is 15.5 Å². The van der Waals surface area contributed by atoms with E-state index in [0.29, 0.717) is 23.6 Å². The van der Waals surface area contributed by atoms with Crippen LogP contribution in [0.25, 0.3) is 10.7 Å². The molecule has 0 aliphatic heterocycles. The molecule has 2 heterocycles. The van der Waals surface area contributed by atoms with Crippen LogP contribution in [-0.4, -0.2) is 22.6 Å². The number of carbonyl (C=O) groups excluding carboxylic acids is 1. The number of nitrogens with zero attached hydrogens (tertiary/aromatic N) is 2. The zero-order valence-corrected chi connectivity index (χ0v) is 14.9. The van der Waals surface area contributed by atoms with Crippen LogP contribution < -0.4 is 5.32 Å². The fourth-order valence-electron chi connectivity index (χ4n) is 4.42.